The highest BCUT2D eigenvalue weighted by molar-refractivity contribution is 6.10. The fourth-order valence-electron chi connectivity index (χ4n) is 2.15. The Labute approximate surface area is 134 Å². The molecule has 0 aromatic heterocycles. The molecular formula is C18H18O5. The standard InChI is InChI=1S/C18H18O5/c1-4-23-18(20)14-7-5-6-12(10-14)17(19)13-8-9-15(21-2)16(11-13)22-3/h5-11H,4H2,1-3H3. The molecule has 0 atom stereocenters. The molecule has 0 fully saturated rings. The average Bonchev–Trinajstić information content (AvgIpc) is 2.60. The Balaban J connectivity index is 2.33. The Bertz CT molecular complexity index is 721. The van der Waals surface area contributed by atoms with Gasteiger partial charge in [-0.1, -0.05) is 12.1 Å². The lowest BCUT2D eigenvalue weighted by atomic mass is 10.0. The van der Waals surface area contributed by atoms with Crippen molar-refractivity contribution < 1.29 is 23.8 Å². The van der Waals surface area contributed by atoms with Crippen molar-refractivity contribution in [1.82, 2.24) is 0 Å². The van der Waals surface area contributed by atoms with Crippen LogP contribution in [0.15, 0.2) is 42.5 Å². The highest BCUT2D eigenvalue weighted by Gasteiger charge is 2.15. The zero-order chi connectivity index (χ0) is 16.8. The maximum atomic E-state index is 12.6. The summed E-state index contributed by atoms with van der Waals surface area (Å²) in [7, 11) is 3.04. The van der Waals surface area contributed by atoms with Gasteiger partial charge in [-0.3, -0.25) is 4.79 Å². The van der Waals surface area contributed by atoms with Gasteiger partial charge in [0.05, 0.1) is 26.4 Å². The van der Waals surface area contributed by atoms with Crippen LogP contribution in [0.5, 0.6) is 11.5 Å². The van der Waals surface area contributed by atoms with Gasteiger partial charge in [-0.25, -0.2) is 4.79 Å². The first-order chi connectivity index (χ1) is 11.1. The number of carbonyl (C=O) groups excluding carboxylic acids is 2. The van der Waals surface area contributed by atoms with Crippen molar-refractivity contribution >= 4 is 11.8 Å². The maximum absolute atomic E-state index is 12.6. The molecule has 0 aliphatic carbocycles. The molecule has 0 N–H and O–H groups in total. The predicted octanol–water partition coefficient (Wildman–Crippen LogP) is 3.11. The van der Waals surface area contributed by atoms with E-state index in [9.17, 15) is 9.59 Å². The smallest absolute Gasteiger partial charge is 0.338 e. The Morgan fingerprint density at radius 2 is 1.52 bits per heavy atom. The normalized spacial score (nSPS) is 10.0. The second-order valence-electron chi connectivity index (χ2n) is 4.70. The molecule has 0 aliphatic heterocycles. The lowest BCUT2D eigenvalue weighted by Crippen LogP contribution is -2.07. The van der Waals surface area contributed by atoms with E-state index in [4.69, 9.17) is 14.2 Å². The highest BCUT2D eigenvalue weighted by Crippen LogP contribution is 2.28. The number of carbonyl (C=O) groups is 2. The van der Waals surface area contributed by atoms with Crippen LogP contribution in [0.3, 0.4) is 0 Å². The van der Waals surface area contributed by atoms with Crippen molar-refractivity contribution in [2.24, 2.45) is 0 Å². The number of ether oxygens (including phenoxy) is 3. The summed E-state index contributed by atoms with van der Waals surface area (Å²) in [6.45, 7) is 2.02. The average molecular weight is 314 g/mol. The van der Waals surface area contributed by atoms with Crippen LogP contribution in [0, 0.1) is 0 Å². The van der Waals surface area contributed by atoms with Crippen LogP contribution in [0.25, 0.3) is 0 Å². The molecule has 2 aromatic rings. The Hall–Kier alpha value is -2.82. The van der Waals surface area contributed by atoms with Crippen molar-refractivity contribution in [3.8, 4) is 11.5 Å². The van der Waals surface area contributed by atoms with Crippen molar-refractivity contribution in [3.63, 3.8) is 0 Å². The van der Waals surface area contributed by atoms with Crippen LogP contribution in [0.4, 0.5) is 0 Å². The maximum Gasteiger partial charge on any atom is 0.338 e. The quantitative estimate of drug-likeness (QED) is 0.605. The van der Waals surface area contributed by atoms with Gasteiger partial charge < -0.3 is 14.2 Å². The third kappa shape index (κ3) is 3.69. The van der Waals surface area contributed by atoms with E-state index in [1.165, 1.54) is 20.3 Å². The minimum absolute atomic E-state index is 0.211. The molecule has 0 saturated carbocycles. The number of hydrogen-bond donors (Lipinski definition) is 0. The molecule has 120 valence electrons. The fraction of sp³-hybridized carbons (Fsp3) is 0.222. The zero-order valence-electron chi connectivity index (χ0n) is 13.3. The number of rotatable bonds is 6. The van der Waals surface area contributed by atoms with Crippen molar-refractivity contribution in [2.45, 2.75) is 6.92 Å². The van der Waals surface area contributed by atoms with Gasteiger partial charge >= 0.3 is 5.97 Å². The highest BCUT2D eigenvalue weighted by atomic mass is 16.5. The van der Waals surface area contributed by atoms with Gasteiger partial charge in [-0.05, 0) is 37.3 Å². The first-order valence-electron chi connectivity index (χ1n) is 7.14. The molecule has 2 rings (SSSR count). The molecule has 0 unspecified atom stereocenters. The molecule has 0 heterocycles. The lowest BCUT2D eigenvalue weighted by molar-refractivity contribution is 0.0526. The van der Waals surface area contributed by atoms with Gasteiger partial charge in [0.25, 0.3) is 0 Å². The van der Waals surface area contributed by atoms with E-state index in [0.717, 1.165) is 0 Å². The number of benzene rings is 2. The molecule has 0 radical (unpaired) electrons. The lowest BCUT2D eigenvalue weighted by Gasteiger charge is -2.09. The molecule has 0 saturated heterocycles. The summed E-state index contributed by atoms with van der Waals surface area (Å²) < 4.78 is 15.3. The molecule has 0 spiro atoms. The first-order valence-corrected chi connectivity index (χ1v) is 7.14. The molecule has 23 heavy (non-hydrogen) atoms. The molecule has 2 aromatic carbocycles. The molecule has 0 aliphatic rings. The van der Waals surface area contributed by atoms with Gasteiger partial charge in [-0.2, -0.15) is 0 Å². The fourth-order valence-corrected chi connectivity index (χ4v) is 2.15. The minimum Gasteiger partial charge on any atom is -0.493 e. The van der Waals surface area contributed by atoms with Crippen LogP contribution >= 0.6 is 0 Å². The number of esters is 1. The van der Waals surface area contributed by atoms with E-state index in [1.807, 2.05) is 0 Å². The molecule has 0 bridgehead atoms. The van der Waals surface area contributed by atoms with Gasteiger partial charge in [0.1, 0.15) is 0 Å². The summed E-state index contributed by atoms with van der Waals surface area (Å²) in [6.07, 6.45) is 0. The van der Waals surface area contributed by atoms with E-state index in [1.54, 1.807) is 43.3 Å². The number of methoxy groups -OCH3 is 2. The van der Waals surface area contributed by atoms with E-state index in [0.29, 0.717) is 28.2 Å². The summed E-state index contributed by atoms with van der Waals surface area (Å²) in [4.78, 5) is 24.4. The van der Waals surface area contributed by atoms with Gasteiger partial charge in [0.15, 0.2) is 17.3 Å². The van der Waals surface area contributed by atoms with Gasteiger partial charge in [0.2, 0.25) is 0 Å². The van der Waals surface area contributed by atoms with Crippen LogP contribution in [0.2, 0.25) is 0 Å². The van der Waals surface area contributed by atoms with Crippen LogP contribution in [-0.2, 0) is 4.74 Å². The molecule has 0 amide bonds. The number of ketones is 1. The van der Waals surface area contributed by atoms with E-state index >= 15 is 0 Å². The SMILES string of the molecule is CCOC(=O)c1cccc(C(=O)c2ccc(OC)c(OC)c2)c1. The van der Waals surface area contributed by atoms with Crippen molar-refractivity contribution in [3.05, 3.63) is 59.2 Å². The minimum atomic E-state index is -0.450. The topological polar surface area (TPSA) is 61.8 Å². The number of hydrogen-bond acceptors (Lipinski definition) is 5. The molecule has 5 heteroatoms. The summed E-state index contributed by atoms with van der Waals surface area (Å²) in [5.41, 5.74) is 1.20. The first kappa shape index (κ1) is 16.5. The Kier molecular flexibility index (Phi) is 5.36. The van der Waals surface area contributed by atoms with E-state index in [2.05, 4.69) is 0 Å². The summed E-state index contributed by atoms with van der Waals surface area (Å²) in [5.74, 6) is 0.357. The zero-order valence-corrected chi connectivity index (χ0v) is 13.3. The van der Waals surface area contributed by atoms with Crippen molar-refractivity contribution in [2.75, 3.05) is 20.8 Å². The third-order valence-electron chi connectivity index (χ3n) is 3.28. The van der Waals surface area contributed by atoms with Crippen LogP contribution < -0.4 is 9.47 Å². The van der Waals surface area contributed by atoms with E-state index < -0.39 is 5.97 Å². The van der Waals surface area contributed by atoms with Gasteiger partial charge in [0, 0.05) is 11.1 Å². The Morgan fingerprint density at radius 3 is 2.17 bits per heavy atom. The van der Waals surface area contributed by atoms with E-state index in [-0.39, 0.29) is 12.4 Å². The van der Waals surface area contributed by atoms with Crippen LogP contribution in [0.1, 0.15) is 33.2 Å². The summed E-state index contributed by atoms with van der Waals surface area (Å²) in [5, 5.41) is 0. The third-order valence-corrected chi connectivity index (χ3v) is 3.28. The second-order valence-corrected chi connectivity index (χ2v) is 4.70. The van der Waals surface area contributed by atoms with Gasteiger partial charge in [-0.15, -0.1) is 0 Å². The predicted molar refractivity (Wildman–Crippen MR) is 85.4 cm³/mol. The monoisotopic (exact) mass is 314 g/mol. The van der Waals surface area contributed by atoms with Crippen molar-refractivity contribution in [1.29, 1.82) is 0 Å². The Morgan fingerprint density at radius 1 is 0.870 bits per heavy atom. The summed E-state index contributed by atoms with van der Waals surface area (Å²) in [6, 6.07) is 11.4. The van der Waals surface area contributed by atoms with Crippen LogP contribution in [-0.4, -0.2) is 32.6 Å². The summed E-state index contributed by atoms with van der Waals surface area (Å²) >= 11 is 0. The largest absolute Gasteiger partial charge is 0.493 e. The molecular weight excluding hydrogens is 296 g/mol. The molecule has 5 nitrogen and oxygen atoms in total. The second kappa shape index (κ2) is 7.45.